The third-order valence-corrected chi connectivity index (χ3v) is 5.16. The van der Waals surface area contributed by atoms with Crippen LogP contribution in [0.2, 0.25) is 5.15 Å². The van der Waals surface area contributed by atoms with Crippen molar-refractivity contribution in [3.05, 3.63) is 101 Å². The maximum atomic E-state index is 12.4. The lowest BCUT2D eigenvalue weighted by Crippen LogP contribution is -2.24. The molecule has 2 amide bonds. The lowest BCUT2D eigenvalue weighted by Gasteiger charge is -2.14. The fourth-order valence-corrected chi connectivity index (χ4v) is 3.44. The fraction of sp³-hybridized carbons (Fsp3) is 0.0833. The Morgan fingerprint density at radius 1 is 1.06 bits per heavy atom. The number of carbonyl (C=O) groups is 2. The Morgan fingerprint density at radius 2 is 1.81 bits per heavy atom. The first-order valence-electron chi connectivity index (χ1n) is 9.94. The largest absolute Gasteiger partial charge is 0.346 e. The van der Waals surface area contributed by atoms with Crippen LogP contribution in [-0.4, -0.2) is 26.2 Å². The summed E-state index contributed by atoms with van der Waals surface area (Å²) in [6.45, 7) is 1.89. The van der Waals surface area contributed by atoms with Crippen LogP contribution in [0.5, 0.6) is 0 Å². The molecule has 7 nitrogen and oxygen atoms in total. The highest BCUT2D eigenvalue weighted by molar-refractivity contribution is 6.31. The second-order valence-electron chi connectivity index (χ2n) is 7.09. The molecular formula is C24H20ClN5O2. The second-order valence-corrected chi connectivity index (χ2v) is 7.45. The summed E-state index contributed by atoms with van der Waals surface area (Å²) in [5, 5.41) is 6.09. The molecule has 0 radical (unpaired) electrons. The van der Waals surface area contributed by atoms with Gasteiger partial charge in [-0.25, -0.2) is 4.98 Å². The van der Waals surface area contributed by atoms with Gasteiger partial charge in [0.05, 0.1) is 11.7 Å². The molecule has 0 aliphatic heterocycles. The summed E-state index contributed by atoms with van der Waals surface area (Å²) >= 11 is 6.19. The number of benzene rings is 1. The maximum Gasteiger partial charge on any atom is 0.255 e. The molecular weight excluding hydrogens is 426 g/mol. The number of anilines is 1. The van der Waals surface area contributed by atoms with Gasteiger partial charge in [0.2, 0.25) is 5.91 Å². The Balaban J connectivity index is 1.37. The molecule has 1 unspecified atom stereocenters. The highest BCUT2D eigenvalue weighted by Crippen LogP contribution is 2.20. The summed E-state index contributed by atoms with van der Waals surface area (Å²) < 4.78 is 1.81. The molecule has 4 rings (SSSR count). The Hall–Kier alpha value is -3.97. The van der Waals surface area contributed by atoms with Gasteiger partial charge in [-0.3, -0.25) is 19.0 Å². The summed E-state index contributed by atoms with van der Waals surface area (Å²) in [5.41, 5.74) is 3.45. The van der Waals surface area contributed by atoms with Gasteiger partial charge in [-0.05, 0) is 55.0 Å². The van der Waals surface area contributed by atoms with Gasteiger partial charge < -0.3 is 10.6 Å². The van der Waals surface area contributed by atoms with Crippen LogP contribution >= 0.6 is 11.6 Å². The van der Waals surface area contributed by atoms with Gasteiger partial charge in [-0.15, -0.1) is 0 Å². The van der Waals surface area contributed by atoms with Crippen molar-refractivity contribution in [2.24, 2.45) is 0 Å². The zero-order valence-corrected chi connectivity index (χ0v) is 18.0. The molecule has 160 valence electrons. The van der Waals surface area contributed by atoms with Crippen LogP contribution in [0.25, 0.3) is 11.7 Å². The van der Waals surface area contributed by atoms with Crippen LogP contribution in [0.15, 0.2) is 79.3 Å². The van der Waals surface area contributed by atoms with E-state index in [4.69, 9.17) is 11.6 Å². The van der Waals surface area contributed by atoms with Crippen molar-refractivity contribution in [2.45, 2.75) is 13.0 Å². The molecule has 8 heteroatoms. The second kappa shape index (κ2) is 9.45. The van der Waals surface area contributed by atoms with E-state index in [2.05, 4.69) is 20.6 Å². The average Bonchev–Trinajstić information content (AvgIpc) is 3.13. The van der Waals surface area contributed by atoms with Crippen LogP contribution in [0.3, 0.4) is 0 Å². The molecule has 0 saturated carbocycles. The zero-order valence-electron chi connectivity index (χ0n) is 17.2. The minimum Gasteiger partial charge on any atom is -0.346 e. The number of fused-ring (bicyclic) bond motifs is 1. The number of imidazole rings is 1. The molecule has 4 aromatic rings. The van der Waals surface area contributed by atoms with Gasteiger partial charge in [0, 0.05) is 35.9 Å². The minimum absolute atomic E-state index is 0.210. The number of pyridine rings is 2. The summed E-state index contributed by atoms with van der Waals surface area (Å²) in [6, 6.07) is 16.0. The van der Waals surface area contributed by atoms with Crippen molar-refractivity contribution in [3.8, 4) is 0 Å². The standard InChI is InChI=1S/C24H20ClN5O2/c1-16(17-5-7-19(8-6-17)28-24(32)18-11-13-26-14-12-18)27-22(31)10-9-20-23(25)29-21-4-2-3-15-30(20)21/h2-16H,1H3,(H,27,31)(H,28,32)/b10-9+. The number of amides is 2. The number of nitrogens with one attached hydrogen (secondary N) is 2. The van der Waals surface area contributed by atoms with Crippen LogP contribution in [0, 0.1) is 0 Å². The molecule has 3 aromatic heterocycles. The van der Waals surface area contributed by atoms with Gasteiger partial charge in [0.1, 0.15) is 5.65 Å². The Bertz CT molecular complexity index is 1280. The normalized spacial score (nSPS) is 12.1. The molecule has 3 heterocycles. The first kappa shape index (κ1) is 21.3. The van der Waals surface area contributed by atoms with E-state index < -0.39 is 0 Å². The quantitative estimate of drug-likeness (QED) is 0.427. The number of nitrogens with zero attached hydrogens (tertiary/aromatic N) is 3. The molecule has 0 saturated heterocycles. The van der Waals surface area contributed by atoms with Gasteiger partial charge >= 0.3 is 0 Å². The number of rotatable bonds is 6. The number of aromatic nitrogens is 3. The van der Waals surface area contributed by atoms with Crippen molar-refractivity contribution in [1.82, 2.24) is 19.7 Å². The van der Waals surface area contributed by atoms with Crippen molar-refractivity contribution in [2.75, 3.05) is 5.32 Å². The first-order chi connectivity index (χ1) is 15.5. The molecule has 0 aliphatic rings. The van der Waals surface area contributed by atoms with Gasteiger partial charge in [0.15, 0.2) is 5.15 Å². The Labute approximate surface area is 189 Å². The number of halogens is 1. The fourth-order valence-electron chi connectivity index (χ4n) is 3.20. The van der Waals surface area contributed by atoms with Gasteiger partial charge in [-0.1, -0.05) is 29.8 Å². The average molecular weight is 446 g/mol. The third kappa shape index (κ3) is 4.84. The molecule has 0 bridgehead atoms. The van der Waals surface area contributed by atoms with Crippen LogP contribution in [-0.2, 0) is 4.79 Å². The zero-order chi connectivity index (χ0) is 22.5. The highest BCUT2D eigenvalue weighted by atomic mass is 35.5. The minimum atomic E-state index is -0.255. The van der Waals surface area contributed by atoms with Gasteiger partial charge in [0.25, 0.3) is 5.91 Å². The van der Waals surface area contributed by atoms with Crippen molar-refractivity contribution in [1.29, 1.82) is 0 Å². The van der Waals surface area contributed by atoms with Crippen LogP contribution in [0.1, 0.15) is 34.6 Å². The molecule has 1 aromatic carbocycles. The van der Waals surface area contributed by atoms with E-state index in [1.54, 1.807) is 42.7 Å². The van der Waals surface area contributed by atoms with Gasteiger partial charge in [-0.2, -0.15) is 0 Å². The smallest absolute Gasteiger partial charge is 0.255 e. The summed E-state index contributed by atoms with van der Waals surface area (Å²) in [4.78, 5) is 32.8. The summed E-state index contributed by atoms with van der Waals surface area (Å²) in [6.07, 6.45) is 8.05. The Morgan fingerprint density at radius 3 is 2.56 bits per heavy atom. The SMILES string of the molecule is CC(NC(=O)/C=C/c1c(Cl)nc2ccccn12)c1ccc(NC(=O)c2ccncc2)cc1. The number of hydrogen-bond acceptors (Lipinski definition) is 4. The van der Waals surface area contributed by atoms with Crippen molar-refractivity contribution >= 4 is 40.8 Å². The van der Waals surface area contributed by atoms with E-state index in [9.17, 15) is 9.59 Å². The van der Waals surface area contributed by atoms with E-state index in [1.165, 1.54) is 6.08 Å². The molecule has 0 fully saturated rings. The lowest BCUT2D eigenvalue weighted by atomic mass is 10.1. The van der Waals surface area contributed by atoms with E-state index in [0.29, 0.717) is 27.7 Å². The highest BCUT2D eigenvalue weighted by Gasteiger charge is 2.11. The van der Waals surface area contributed by atoms with E-state index >= 15 is 0 Å². The predicted molar refractivity (Wildman–Crippen MR) is 124 cm³/mol. The van der Waals surface area contributed by atoms with Crippen LogP contribution in [0.4, 0.5) is 5.69 Å². The topological polar surface area (TPSA) is 88.4 Å². The summed E-state index contributed by atoms with van der Waals surface area (Å²) in [5.74, 6) is -0.466. The number of carbonyl (C=O) groups excluding carboxylic acids is 2. The molecule has 0 spiro atoms. The maximum absolute atomic E-state index is 12.4. The van der Waals surface area contributed by atoms with Crippen molar-refractivity contribution in [3.63, 3.8) is 0 Å². The van der Waals surface area contributed by atoms with E-state index in [1.807, 2.05) is 47.9 Å². The predicted octanol–water partition coefficient (Wildman–Crippen LogP) is 4.53. The molecule has 0 aliphatic carbocycles. The summed E-state index contributed by atoms with van der Waals surface area (Å²) in [7, 11) is 0. The molecule has 1 atom stereocenters. The van der Waals surface area contributed by atoms with E-state index in [0.717, 1.165) is 5.56 Å². The number of hydrogen-bond donors (Lipinski definition) is 2. The lowest BCUT2D eigenvalue weighted by molar-refractivity contribution is -0.117. The first-order valence-corrected chi connectivity index (χ1v) is 10.3. The third-order valence-electron chi connectivity index (χ3n) is 4.88. The van der Waals surface area contributed by atoms with Crippen molar-refractivity contribution < 1.29 is 9.59 Å². The van der Waals surface area contributed by atoms with E-state index in [-0.39, 0.29) is 17.9 Å². The van der Waals surface area contributed by atoms with Crippen LogP contribution < -0.4 is 10.6 Å². The molecule has 2 N–H and O–H groups in total. The Kier molecular flexibility index (Phi) is 6.28. The monoisotopic (exact) mass is 445 g/mol. The molecule has 32 heavy (non-hydrogen) atoms.